The van der Waals surface area contributed by atoms with Gasteiger partial charge >= 0.3 is 12.2 Å². The van der Waals surface area contributed by atoms with Crippen LogP contribution in [0.15, 0.2) is 23.6 Å². The van der Waals surface area contributed by atoms with E-state index in [0.29, 0.717) is 42.2 Å². The number of ether oxygens (including phenoxy) is 1. The Kier molecular flexibility index (Phi) is 5.90. The Morgan fingerprint density at radius 1 is 1.41 bits per heavy atom. The van der Waals surface area contributed by atoms with E-state index in [1.54, 1.807) is 6.07 Å². The Bertz CT molecular complexity index is 834. The van der Waals surface area contributed by atoms with Crippen molar-refractivity contribution in [1.82, 2.24) is 9.88 Å². The largest absolute Gasteiger partial charge is 0.465 e. The Morgan fingerprint density at radius 2 is 2.15 bits per heavy atom. The number of likely N-dealkylation sites (tertiary alicyclic amines) is 1. The van der Waals surface area contributed by atoms with Crippen LogP contribution in [0, 0.1) is 18.7 Å². The van der Waals surface area contributed by atoms with Gasteiger partial charge in [-0.3, -0.25) is 5.32 Å². The van der Waals surface area contributed by atoms with Crippen LogP contribution in [0.2, 0.25) is 0 Å². The predicted molar refractivity (Wildman–Crippen MR) is 99.5 cm³/mol. The SMILES string of the molecule is Cc1csc(-c2ccc(F)cc2NC(=O)OCC2CCN(C(=O)O)CC2)n1. The van der Waals surface area contributed by atoms with Crippen LogP contribution < -0.4 is 5.32 Å². The van der Waals surface area contributed by atoms with Crippen LogP contribution in [0.5, 0.6) is 0 Å². The Morgan fingerprint density at radius 3 is 2.78 bits per heavy atom. The molecule has 9 heteroatoms. The summed E-state index contributed by atoms with van der Waals surface area (Å²) in [6.07, 6.45) is -0.314. The van der Waals surface area contributed by atoms with E-state index >= 15 is 0 Å². The number of halogens is 1. The number of amides is 2. The molecule has 0 bridgehead atoms. The van der Waals surface area contributed by atoms with Crippen molar-refractivity contribution in [3.8, 4) is 10.6 Å². The van der Waals surface area contributed by atoms with Crippen LogP contribution in [0.3, 0.4) is 0 Å². The molecule has 1 saturated heterocycles. The first kappa shape index (κ1) is 19.1. The minimum Gasteiger partial charge on any atom is -0.465 e. The number of benzene rings is 1. The second-order valence-electron chi connectivity index (χ2n) is 6.42. The minimum atomic E-state index is -0.928. The van der Waals surface area contributed by atoms with Gasteiger partial charge in [0.05, 0.1) is 12.3 Å². The molecule has 3 rings (SSSR count). The summed E-state index contributed by atoms with van der Waals surface area (Å²) < 4.78 is 18.9. The lowest BCUT2D eigenvalue weighted by Crippen LogP contribution is -2.38. The van der Waals surface area contributed by atoms with Gasteiger partial charge in [-0.1, -0.05) is 0 Å². The summed E-state index contributed by atoms with van der Waals surface area (Å²) in [5.74, 6) is -0.358. The van der Waals surface area contributed by atoms with E-state index < -0.39 is 18.0 Å². The van der Waals surface area contributed by atoms with Gasteiger partial charge < -0.3 is 14.7 Å². The first-order chi connectivity index (χ1) is 12.9. The topological polar surface area (TPSA) is 91.8 Å². The van der Waals surface area contributed by atoms with E-state index in [-0.39, 0.29) is 12.5 Å². The van der Waals surface area contributed by atoms with Crippen molar-refractivity contribution >= 4 is 29.2 Å². The van der Waals surface area contributed by atoms with Gasteiger partial charge in [0.2, 0.25) is 0 Å². The normalized spacial score (nSPS) is 14.8. The van der Waals surface area contributed by atoms with Crippen LogP contribution in [0.4, 0.5) is 19.7 Å². The average Bonchev–Trinajstić information content (AvgIpc) is 3.06. The maximum absolute atomic E-state index is 13.6. The summed E-state index contributed by atoms with van der Waals surface area (Å²) in [4.78, 5) is 28.8. The molecule has 1 aromatic heterocycles. The Balaban J connectivity index is 1.58. The molecule has 1 aliphatic heterocycles. The zero-order valence-electron chi connectivity index (χ0n) is 14.8. The molecule has 2 aromatic rings. The van der Waals surface area contributed by atoms with Gasteiger partial charge in [0.1, 0.15) is 10.8 Å². The number of nitrogens with zero attached hydrogens (tertiary/aromatic N) is 2. The van der Waals surface area contributed by atoms with Gasteiger partial charge in [-0.15, -0.1) is 11.3 Å². The zero-order valence-corrected chi connectivity index (χ0v) is 15.6. The molecule has 7 nitrogen and oxygen atoms in total. The van der Waals surface area contributed by atoms with Crippen LogP contribution in [0.1, 0.15) is 18.5 Å². The lowest BCUT2D eigenvalue weighted by atomic mass is 9.98. The third kappa shape index (κ3) is 4.94. The fourth-order valence-corrected chi connectivity index (χ4v) is 3.75. The molecule has 1 fully saturated rings. The first-order valence-electron chi connectivity index (χ1n) is 8.56. The van der Waals surface area contributed by atoms with Crippen molar-refractivity contribution in [3.63, 3.8) is 0 Å². The Hall–Kier alpha value is -2.68. The second-order valence-corrected chi connectivity index (χ2v) is 7.28. The van der Waals surface area contributed by atoms with Crippen LogP contribution in [-0.2, 0) is 4.74 Å². The fourth-order valence-electron chi connectivity index (χ4n) is 2.91. The highest BCUT2D eigenvalue weighted by atomic mass is 32.1. The lowest BCUT2D eigenvalue weighted by molar-refractivity contribution is 0.0948. The molecule has 1 aliphatic rings. The highest BCUT2D eigenvalue weighted by Crippen LogP contribution is 2.31. The molecule has 0 unspecified atom stereocenters. The monoisotopic (exact) mass is 393 g/mol. The van der Waals surface area contributed by atoms with Gasteiger partial charge in [0.25, 0.3) is 0 Å². The molecule has 0 aliphatic carbocycles. The number of carbonyl (C=O) groups is 2. The average molecular weight is 393 g/mol. The number of nitrogens with one attached hydrogen (secondary N) is 1. The first-order valence-corrected chi connectivity index (χ1v) is 9.44. The standard InChI is InChI=1S/C18H20FN3O4S/c1-11-10-27-16(20-11)14-3-2-13(19)8-15(14)21-17(23)26-9-12-4-6-22(7-5-12)18(24)25/h2-3,8,10,12H,4-7,9H2,1H3,(H,21,23)(H,24,25). The van der Waals surface area contributed by atoms with Gasteiger partial charge in [-0.05, 0) is 43.9 Å². The number of hydrogen-bond donors (Lipinski definition) is 2. The van der Waals surface area contributed by atoms with Crippen molar-refractivity contribution in [2.75, 3.05) is 25.0 Å². The molecule has 2 N–H and O–H groups in total. The van der Waals surface area contributed by atoms with E-state index in [0.717, 1.165) is 5.69 Å². The quantitative estimate of drug-likeness (QED) is 0.812. The van der Waals surface area contributed by atoms with Crippen molar-refractivity contribution in [2.24, 2.45) is 5.92 Å². The van der Waals surface area contributed by atoms with Crippen LogP contribution >= 0.6 is 11.3 Å². The fraction of sp³-hybridized carbons (Fsp3) is 0.389. The number of rotatable bonds is 4. The summed E-state index contributed by atoms with van der Waals surface area (Å²) in [5, 5.41) is 14.1. The molecular formula is C18H20FN3O4S. The van der Waals surface area contributed by atoms with E-state index in [9.17, 15) is 14.0 Å². The minimum absolute atomic E-state index is 0.111. The molecule has 1 aromatic carbocycles. The molecule has 27 heavy (non-hydrogen) atoms. The van der Waals surface area contributed by atoms with Crippen molar-refractivity contribution in [3.05, 3.63) is 35.1 Å². The smallest absolute Gasteiger partial charge is 0.411 e. The number of carboxylic acid groups (broad SMARTS) is 1. The molecule has 144 valence electrons. The number of aromatic nitrogens is 1. The van der Waals surface area contributed by atoms with Crippen molar-refractivity contribution < 1.29 is 23.8 Å². The van der Waals surface area contributed by atoms with Crippen molar-refractivity contribution in [2.45, 2.75) is 19.8 Å². The number of aryl methyl sites for hydroxylation is 1. The summed E-state index contributed by atoms with van der Waals surface area (Å²) in [6, 6.07) is 4.13. The third-order valence-electron chi connectivity index (χ3n) is 4.40. The molecule has 0 atom stereocenters. The predicted octanol–water partition coefficient (Wildman–Crippen LogP) is 4.20. The number of anilines is 1. The molecule has 0 saturated carbocycles. The second kappa shape index (κ2) is 8.34. The molecule has 2 heterocycles. The van der Waals surface area contributed by atoms with Gasteiger partial charge in [0.15, 0.2) is 0 Å². The number of piperidine rings is 1. The van der Waals surface area contributed by atoms with Crippen LogP contribution in [-0.4, -0.2) is 46.9 Å². The Labute approximate surface area is 159 Å². The number of hydrogen-bond acceptors (Lipinski definition) is 5. The summed E-state index contributed by atoms with van der Waals surface area (Å²) >= 11 is 1.41. The molecule has 2 amide bonds. The van der Waals surface area contributed by atoms with E-state index in [1.165, 1.54) is 28.4 Å². The van der Waals surface area contributed by atoms with Gasteiger partial charge in [-0.2, -0.15) is 0 Å². The summed E-state index contributed by atoms with van der Waals surface area (Å²) in [6.45, 7) is 2.92. The van der Waals surface area contributed by atoms with E-state index in [1.807, 2.05) is 12.3 Å². The van der Waals surface area contributed by atoms with Gasteiger partial charge in [-0.25, -0.2) is 19.0 Å². The van der Waals surface area contributed by atoms with Gasteiger partial charge in [0, 0.05) is 29.7 Å². The highest BCUT2D eigenvalue weighted by molar-refractivity contribution is 7.13. The molecular weight excluding hydrogens is 373 g/mol. The van der Waals surface area contributed by atoms with E-state index in [4.69, 9.17) is 9.84 Å². The zero-order chi connectivity index (χ0) is 19.4. The third-order valence-corrected chi connectivity index (χ3v) is 5.40. The summed E-state index contributed by atoms with van der Waals surface area (Å²) in [7, 11) is 0. The van der Waals surface area contributed by atoms with Crippen molar-refractivity contribution in [1.29, 1.82) is 0 Å². The molecule has 0 spiro atoms. The summed E-state index contributed by atoms with van der Waals surface area (Å²) in [5.41, 5.74) is 1.77. The highest BCUT2D eigenvalue weighted by Gasteiger charge is 2.23. The number of thiazole rings is 1. The van der Waals surface area contributed by atoms with E-state index in [2.05, 4.69) is 10.3 Å². The van der Waals surface area contributed by atoms with Crippen LogP contribution in [0.25, 0.3) is 10.6 Å². The maximum atomic E-state index is 13.6. The maximum Gasteiger partial charge on any atom is 0.411 e. The number of carbonyl (C=O) groups excluding carboxylic acids is 1. The molecule has 0 radical (unpaired) electrons. The lowest BCUT2D eigenvalue weighted by Gasteiger charge is -2.29.